The van der Waals surface area contributed by atoms with Crippen molar-refractivity contribution in [1.82, 2.24) is 10.3 Å². The number of nitrogens with zero attached hydrogens (tertiary/aromatic N) is 2. The number of rotatable bonds is 7. The van der Waals surface area contributed by atoms with E-state index in [9.17, 15) is 14.9 Å². The molecular weight excluding hydrogens is 276 g/mol. The van der Waals surface area contributed by atoms with Crippen LogP contribution in [0.3, 0.4) is 0 Å². The summed E-state index contributed by atoms with van der Waals surface area (Å²) >= 11 is 0. The van der Waals surface area contributed by atoms with Crippen LogP contribution in [0.15, 0.2) is 12.3 Å². The highest BCUT2D eigenvalue weighted by molar-refractivity contribution is 5.98. The molecule has 1 aromatic rings. The molecule has 0 saturated carbocycles. The van der Waals surface area contributed by atoms with Crippen molar-refractivity contribution in [3.63, 3.8) is 0 Å². The van der Waals surface area contributed by atoms with Crippen LogP contribution in [0.1, 0.15) is 31.1 Å². The van der Waals surface area contributed by atoms with Crippen molar-refractivity contribution in [2.24, 2.45) is 5.92 Å². The van der Waals surface area contributed by atoms with E-state index >= 15 is 0 Å². The predicted molar refractivity (Wildman–Crippen MR) is 77.9 cm³/mol. The minimum absolute atomic E-state index is 0.0525. The van der Waals surface area contributed by atoms with Crippen LogP contribution in [0.2, 0.25) is 0 Å². The minimum atomic E-state index is -0.658. The third kappa shape index (κ3) is 4.67. The summed E-state index contributed by atoms with van der Waals surface area (Å²) in [6.07, 6.45) is 0.983. The van der Waals surface area contributed by atoms with Crippen molar-refractivity contribution in [3.05, 3.63) is 27.9 Å². The van der Waals surface area contributed by atoms with Crippen molar-refractivity contribution in [2.45, 2.75) is 26.8 Å². The average molecular weight is 296 g/mol. The summed E-state index contributed by atoms with van der Waals surface area (Å²) in [4.78, 5) is 26.2. The Morgan fingerprint density at radius 3 is 2.76 bits per heavy atom. The van der Waals surface area contributed by atoms with Gasteiger partial charge in [-0.05, 0) is 18.9 Å². The summed E-state index contributed by atoms with van der Waals surface area (Å²) < 4.78 is 5.31. The smallest absolute Gasteiger partial charge is 0.300 e. The highest BCUT2D eigenvalue weighted by atomic mass is 16.6. The molecule has 8 nitrogen and oxygen atoms in total. The lowest BCUT2D eigenvalue weighted by atomic mass is 10.0. The van der Waals surface area contributed by atoms with Crippen LogP contribution >= 0.6 is 0 Å². The van der Waals surface area contributed by atoms with Crippen LogP contribution in [0, 0.1) is 16.0 Å². The third-order valence-corrected chi connectivity index (χ3v) is 2.97. The molecule has 8 heteroatoms. The fourth-order valence-corrected chi connectivity index (χ4v) is 1.68. The number of carbonyl (C=O) groups excluding carboxylic acids is 1. The summed E-state index contributed by atoms with van der Waals surface area (Å²) in [6, 6.07) is 0.956. The van der Waals surface area contributed by atoms with Gasteiger partial charge in [-0.2, -0.15) is 0 Å². The first kappa shape index (κ1) is 16.8. The molecule has 1 rings (SSSR count). The van der Waals surface area contributed by atoms with Gasteiger partial charge in [0.15, 0.2) is 0 Å². The Morgan fingerprint density at radius 1 is 1.57 bits per heavy atom. The second kappa shape index (κ2) is 7.53. The first-order chi connectivity index (χ1) is 9.86. The van der Waals surface area contributed by atoms with Gasteiger partial charge in [0.2, 0.25) is 0 Å². The second-order valence-corrected chi connectivity index (χ2v) is 4.87. The highest BCUT2D eigenvalue weighted by Crippen LogP contribution is 2.19. The maximum atomic E-state index is 12.2. The molecular formula is C13H20N4O4. The average Bonchev–Trinajstić information content (AvgIpc) is 2.42. The maximum Gasteiger partial charge on any atom is 0.300 e. The van der Waals surface area contributed by atoms with Crippen LogP contribution in [-0.2, 0) is 4.74 Å². The number of amides is 1. The van der Waals surface area contributed by atoms with Gasteiger partial charge < -0.3 is 15.8 Å². The Hall–Kier alpha value is -2.22. The number of nitrogen functional groups attached to an aromatic ring is 1. The van der Waals surface area contributed by atoms with E-state index in [2.05, 4.69) is 10.3 Å². The molecule has 0 radical (unpaired) electrons. The van der Waals surface area contributed by atoms with Crippen LogP contribution in [0.5, 0.6) is 0 Å². The molecule has 1 heterocycles. The molecule has 0 fully saturated rings. The number of pyridine rings is 1. The van der Waals surface area contributed by atoms with E-state index < -0.39 is 10.8 Å². The topological polar surface area (TPSA) is 120 Å². The van der Waals surface area contributed by atoms with Crippen LogP contribution < -0.4 is 11.1 Å². The lowest BCUT2D eigenvalue weighted by Gasteiger charge is -2.22. The van der Waals surface area contributed by atoms with E-state index in [1.807, 2.05) is 20.8 Å². The van der Waals surface area contributed by atoms with Crippen molar-refractivity contribution in [3.8, 4) is 0 Å². The summed E-state index contributed by atoms with van der Waals surface area (Å²) in [5.41, 5.74) is 5.02. The van der Waals surface area contributed by atoms with Gasteiger partial charge >= 0.3 is 0 Å². The molecule has 0 aliphatic carbocycles. The zero-order valence-electron chi connectivity index (χ0n) is 12.3. The standard InChI is InChI=1S/C13H20N4O4/c1-4-21-7-10(8(2)3)16-13(18)9-5-12(14)15-6-11(9)17(19)20/h5-6,8,10H,4,7H2,1-3H3,(H2,14,15)(H,16,18). The minimum Gasteiger partial charge on any atom is -0.384 e. The monoisotopic (exact) mass is 296 g/mol. The molecule has 0 saturated heterocycles. The molecule has 3 N–H and O–H groups in total. The SMILES string of the molecule is CCOCC(NC(=O)c1cc(N)ncc1[N+](=O)[O-])C(C)C. The Balaban J connectivity index is 2.96. The Bertz CT molecular complexity index is 519. The number of nitro groups is 1. The number of aromatic nitrogens is 1. The fourth-order valence-electron chi connectivity index (χ4n) is 1.68. The summed E-state index contributed by atoms with van der Waals surface area (Å²) in [5, 5.41) is 13.7. The first-order valence-electron chi connectivity index (χ1n) is 6.65. The number of ether oxygens (including phenoxy) is 1. The van der Waals surface area contributed by atoms with Gasteiger partial charge in [-0.25, -0.2) is 4.98 Å². The maximum absolute atomic E-state index is 12.2. The molecule has 0 aliphatic heterocycles. The first-order valence-corrected chi connectivity index (χ1v) is 6.65. The van der Waals surface area contributed by atoms with Gasteiger partial charge in [0, 0.05) is 6.61 Å². The molecule has 21 heavy (non-hydrogen) atoms. The second-order valence-electron chi connectivity index (χ2n) is 4.87. The van der Waals surface area contributed by atoms with E-state index in [0.717, 1.165) is 6.20 Å². The number of nitrogens with two attached hydrogens (primary N) is 1. The number of carbonyl (C=O) groups is 1. The van der Waals surface area contributed by atoms with Gasteiger partial charge in [0.25, 0.3) is 11.6 Å². The molecule has 1 unspecified atom stereocenters. The van der Waals surface area contributed by atoms with Crippen molar-refractivity contribution >= 4 is 17.4 Å². The Kier molecular flexibility index (Phi) is 6.04. The summed E-state index contributed by atoms with van der Waals surface area (Å²) in [6.45, 7) is 6.59. The van der Waals surface area contributed by atoms with E-state index in [4.69, 9.17) is 10.5 Å². The van der Waals surface area contributed by atoms with Crippen molar-refractivity contribution in [1.29, 1.82) is 0 Å². The predicted octanol–water partition coefficient (Wildman–Crippen LogP) is 1.36. The van der Waals surface area contributed by atoms with E-state index in [-0.39, 0.29) is 29.0 Å². The summed E-state index contributed by atoms with van der Waals surface area (Å²) in [7, 11) is 0. The van der Waals surface area contributed by atoms with Gasteiger partial charge in [-0.3, -0.25) is 14.9 Å². The Labute approximate surface area is 122 Å². The van der Waals surface area contributed by atoms with Gasteiger partial charge in [0.05, 0.1) is 17.6 Å². The van der Waals surface area contributed by atoms with Gasteiger partial charge in [-0.15, -0.1) is 0 Å². The molecule has 1 atom stereocenters. The molecule has 116 valence electrons. The molecule has 0 spiro atoms. The largest absolute Gasteiger partial charge is 0.384 e. The molecule has 0 bridgehead atoms. The van der Waals surface area contributed by atoms with Gasteiger partial charge in [0.1, 0.15) is 17.6 Å². The van der Waals surface area contributed by atoms with Gasteiger partial charge in [-0.1, -0.05) is 13.8 Å². The fraction of sp³-hybridized carbons (Fsp3) is 0.538. The highest BCUT2D eigenvalue weighted by Gasteiger charge is 2.24. The number of anilines is 1. The zero-order valence-corrected chi connectivity index (χ0v) is 12.3. The number of hydrogen-bond acceptors (Lipinski definition) is 6. The van der Waals surface area contributed by atoms with Crippen molar-refractivity contribution in [2.75, 3.05) is 18.9 Å². The van der Waals surface area contributed by atoms with E-state index in [0.29, 0.717) is 13.2 Å². The molecule has 0 aliphatic rings. The Morgan fingerprint density at radius 2 is 2.24 bits per heavy atom. The lowest BCUT2D eigenvalue weighted by molar-refractivity contribution is -0.385. The molecule has 1 amide bonds. The third-order valence-electron chi connectivity index (χ3n) is 2.97. The summed E-state index contributed by atoms with van der Waals surface area (Å²) in [5.74, 6) is -0.385. The lowest BCUT2D eigenvalue weighted by Crippen LogP contribution is -2.42. The molecule has 1 aromatic heterocycles. The van der Waals surface area contributed by atoms with Crippen molar-refractivity contribution < 1.29 is 14.5 Å². The van der Waals surface area contributed by atoms with E-state index in [1.54, 1.807) is 0 Å². The van der Waals surface area contributed by atoms with E-state index in [1.165, 1.54) is 6.07 Å². The zero-order chi connectivity index (χ0) is 16.0. The van der Waals surface area contributed by atoms with Crippen LogP contribution in [-0.4, -0.2) is 35.1 Å². The van der Waals surface area contributed by atoms with Crippen LogP contribution in [0.25, 0.3) is 0 Å². The van der Waals surface area contributed by atoms with Crippen LogP contribution in [0.4, 0.5) is 11.5 Å². The normalized spacial score (nSPS) is 12.2. The number of nitrogens with one attached hydrogen (secondary N) is 1. The number of hydrogen-bond donors (Lipinski definition) is 2. The quantitative estimate of drug-likeness (QED) is 0.579. The molecule has 0 aromatic carbocycles.